The van der Waals surface area contributed by atoms with Crippen LogP contribution in [-0.4, -0.2) is 36.0 Å². The Morgan fingerprint density at radius 1 is 1.12 bits per heavy atom. The fourth-order valence-corrected chi connectivity index (χ4v) is 3.44. The number of carbonyl (C=O) groups excluding carboxylic acids is 1. The van der Waals surface area contributed by atoms with E-state index < -0.39 is 0 Å². The molecule has 2 saturated heterocycles. The largest absolute Gasteiger partial charge is 0.341 e. The summed E-state index contributed by atoms with van der Waals surface area (Å²) in [7, 11) is 0. The summed E-state index contributed by atoms with van der Waals surface area (Å²) in [6.45, 7) is 1.94. The lowest BCUT2D eigenvalue weighted by Gasteiger charge is -2.28. The van der Waals surface area contributed by atoms with Crippen molar-refractivity contribution in [3.63, 3.8) is 0 Å². The van der Waals surface area contributed by atoms with Crippen molar-refractivity contribution in [1.29, 1.82) is 0 Å². The number of nitrogens with zero attached hydrogens (tertiary/aromatic N) is 1. The van der Waals surface area contributed by atoms with Gasteiger partial charge in [0.15, 0.2) is 0 Å². The van der Waals surface area contributed by atoms with Crippen LogP contribution in [0, 0.1) is 5.92 Å². The summed E-state index contributed by atoms with van der Waals surface area (Å²) in [6.07, 6.45) is 9.77. The first-order valence-electron chi connectivity index (χ1n) is 7.35. The van der Waals surface area contributed by atoms with Gasteiger partial charge in [-0.2, -0.15) is 0 Å². The Bertz CT molecular complexity index is 288. The molecule has 2 atom stereocenters. The molecule has 2 heterocycles. The molecule has 2 unspecified atom stereocenters. The van der Waals surface area contributed by atoms with Crippen LogP contribution in [0.2, 0.25) is 0 Å². The average Bonchev–Trinajstić information content (AvgIpc) is 2.55. The van der Waals surface area contributed by atoms with Crippen molar-refractivity contribution >= 4 is 5.91 Å². The first kappa shape index (κ1) is 11.5. The van der Waals surface area contributed by atoms with Crippen LogP contribution in [0.1, 0.15) is 51.4 Å². The minimum atomic E-state index is 0.409. The molecule has 2 bridgehead atoms. The minimum Gasteiger partial charge on any atom is -0.341 e. The zero-order chi connectivity index (χ0) is 11.7. The Morgan fingerprint density at radius 3 is 2.71 bits per heavy atom. The maximum atomic E-state index is 12.2. The number of amides is 1. The second kappa shape index (κ2) is 4.97. The van der Waals surface area contributed by atoms with Crippen LogP contribution >= 0.6 is 0 Å². The summed E-state index contributed by atoms with van der Waals surface area (Å²) in [5.74, 6) is 1.27. The second-order valence-electron chi connectivity index (χ2n) is 6.10. The van der Waals surface area contributed by atoms with E-state index in [4.69, 9.17) is 0 Å². The van der Waals surface area contributed by atoms with Gasteiger partial charge in [0, 0.05) is 31.6 Å². The van der Waals surface area contributed by atoms with Crippen molar-refractivity contribution in [3.05, 3.63) is 0 Å². The molecular formula is C14H24N2O. The number of hydrogen-bond donors (Lipinski definition) is 1. The standard InChI is InChI=1S/C14H24N2O/c17-14(7-4-11-2-1-3-11)16-9-8-12-5-6-13(10-16)15-12/h11-13,15H,1-10H2. The van der Waals surface area contributed by atoms with Crippen molar-refractivity contribution in [2.24, 2.45) is 5.92 Å². The van der Waals surface area contributed by atoms with Gasteiger partial charge < -0.3 is 10.2 Å². The Kier molecular flexibility index (Phi) is 3.37. The monoisotopic (exact) mass is 236 g/mol. The average molecular weight is 236 g/mol. The third-order valence-electron chi connectivity index (χ3n) is 4.87. The first-order chi connectivity index (χ1) is 8.31. The fourth-order valence-electron chi connectivity index (χ4n) is 3.44. The van der Waals surface area contributed by atoms with E-state index in [1.165, 1.54) is 32.1 Å². The molecule has 3 fully saturated rings. The van der Waals surface area contributed by atoms with Gasteiger partial charge in [0.2, 0.25) is 5.91 Å². The van der Waals surface area contributed by atoms with Gasteiger partial charge in [-0.3, -0.25) is 4.79 Å². The Morgan fingerprint density at radius 2 is 1.94 bits per heavy atom. The molecule has 0 aromatic rings. The summed E-state index contributed by atoms with van der Waals surface area (Å²) in [5.41, 5.74) is 0. The highest BCUT2D eigenvalue weighted by Crippen LogP contribution is 2.30. The molecule has 3 aliphatic rings. The van der Waals surface area contributed by atoms with E-state index in [2.05, 4.69) is 10.2 Å². The number of likely N-dealkylation sites (tertiary alicyclic amines) is 1. The molecule has 0 radical (unpaired) electrons. The van der Waals surface area contributed by atoms with Gasteiger partial charge in [0.05, 0.1) is 0 Å². The lowest BCUT2D eigenvalue weighted by molar-refractivity contribution is -0.131. The molecule has 3 nitrogen and oxygen atoms in total. The SMILES string of the molecule is O=C(CCC1CCC1)N1CCC2CCC(C1)N2. The van der Waals surface area contributed by atoms with Crippen molar-refractivity contribution < 1.29 is 4.79 Å². The van der Waals surface area contributed by atoms with Crippen molar-refractivity contribution in [2.75, 3.05) is 13.1 Å². The fraction of sp³-hybridized carbons (Fsp3) is 0.929. The Labute approximate surface area is 104 Å². The smallest absolute Gasteiger partial charge is 0.222 e. The summed E-state index contributed by atoms with van der Waals surface area (Å²) in [5, 5.41) is 3.63. The normalized spacial score (nSPS) is 33.3. The van der Waals surface area contributed by atoms with Gasteiger partial charge in [-0.1, -0.05) is 19.3 Å². The van der Waals surface area contributed by atoms with Gasteiger partial charge in [-0.05, 0) is 31.6 Å². The molecule has 0 aromatic heterocycles. The zero-order valence-corrected chi connectivity index (χ0v) is 10.7. The Balaban J connectivity index is 1.47. The molecule has 3 heteroatoms. The summed E-state index contributed by atoms with van der Waals surface area (Å²) in [6, 6.07) is 1.26. The number of carbonyl (C=O) groups is 1. The van der Waals surface area contributed by atoms with Gasteiger partial charge in [0.1, 0.15) is 0 Å². The highest BCUT2D eigenvalue weighted by molar-refractivity contribution is 5.76. The van der Waals surface area contributed by atoms with Crippen LogP contribution in [0.15, 0.2) is 0 Å². The van der Waals surface area contributed by atoms with Crippen LogP contribution in [-0.2, 0) is 4.79 Å². The highest BCUT2D eigenvalue weighted by atomic mass is 16.2. The summed E-state index contributed by atoms with van der Waals surface area (Å²) in [4.78, 5) is 14.3. The van der Waals surface area contributed by atoms with Crippen LogP contribution in [0.4, 0.5) is 0 Å². The predicted octanol–water partition coefficient (Wildman–Crippen LogP) is 1.92. The van der Waals surface area contributed by atoms with Crippen LogP contribution in [0.25, 0.3) is 0 Å². The molecule has 3 rings (SSSR count). The summed E-state index contributed by atoms with van der Waals surface area (Å²) >= 11 is 0. The van der Waals surface area contributed by atoms with Crippen molar-refractivity contribution in [1.82, 2.24) is 10.2 Å². The lowest BCUT2D eigenvalue weighted by Crippen LogP contribution is -2.39. The van der Waals surface area contributed by atoms with E-state index in [1.54, 1.807) is 0 Å². The molecule has 0 spiro atoms. The van der Waals surface area contributed by atoms with E-state index in [0.717, 1.165) is 38.3 Å². The third-order valence-corrected chi connectivity index (χ3v) is 4.87. The number of hydrogen-bond acceptors (Lipinski definition) is 2. The van der Waals surface area contributed by atoms with Gasteiger partial charge in [0.25, 0.3) is 0 Å². The van der Waals surface area contributed by atoms with Gasteiger partial charge in [-0.25, -0.2) is 0 Å². The molecule has 0 aromatic carbocycles. The maximum absolute atomic E-state index is 12.2. The maximum Gasteiger partial charge on any atom is 0.222 e. The number of fused-ring (bicyclic) bond motifs is 2. The first-order valence-corrected chi connectivity index (χ1v) is 7.35. The molecule has 2 aliphatic heterocycles. The minimum absolute atomic E-state index is 0.409. The van der Waals surface area contributed by atoms with E-state index in [-0.39, 0.29) is 0 Å². The van der Waals surface area contributed by atoms with Crippen LogP contribution < -0.4 is 5.32 Å². The molecule has 1 amide bonds. The zero-order valence-electron chi connectivity index (χ0n) is 10.7. The Hall–Kier alpha value is -0.570. The van der Waals surface area contributed by atoms with Crippen LogP contribution in [0.5, 0.6) is 0 Å². The molecule has 1 aliphatic carbocycles. The lowest BCUT2D eigenvalue weighted by atomic mass is 9.82. The van der Waals surface area contributed by atoms with E-state index in [1.807, 2.05) is 0 Å². The van der Waals surface area contributed by atoms with E-state index in [0.29, 0.717) is 18.0 Å². The molecule has 1 N–H and O–H groups in total. The molecule has 17 heavy (non-hydrogen) atoms. The number of nitrogens with one attached hydrogen (secondary N) is 1. The van der Waals surface area contributed by atoms with Crippen LogP contribution in [0.3, 0.4) is 0 Å². The van der Waals surface area contributed by atoms with Crippen molar-refractivity contribution in [2.45, 2.75) is 63.5 Å². The quantitative estimate of drug-likeness (QED) is 0.812. The third kappa shape index (κ3) is 2.65. The molecule has 96 valence electrons. The van der Waals surface area contributed by atoms with Gasteiger partial charge in [-0.15, -0.1) is 0 Å². The van der Waals surface area contributed by atoms with Gasteiger partial charge >= 0.3 is 0 Å². The molecular weight excluding hydrogens is 212 g/mol. The van der Waals surface area contributed by atoms with E-state index >= 15 is 0 Å². The summed E-state index contributed by atoms with van der Waals surface area (Å²) < 4.78 is 0. The molecule has 1 saturated carbocycles. The predicted molar refractivity (Wildman–Crippen MR) is 67.7 cm³/mol. The second-order valence-corrected chi connectivity index (χ2v) is 6.10. The highest BCUT2D eigenvalue weighted by Gasteiger charge is 2.31. The van der Waals surface area contributed by atoms with Crippen molar-refractivity contribution in [3.8, 4) is 0 Å². The number of rotatable bonds is 3. The van der Waals surface area contributed by atoms with E-state index in [9.17, 15) is 4.79 Å². The topological polar surface area (TPSA) is 32.3 Å².